The molecule has 0 unspecified atom stereocenters. The van der Waals surface area contributed by atoms with Crippen LogP contribution in [0.2, 0.25) is 0 Å². The monoisotopic (exact) mass is 283 g/mol. The summed E-state index contributed by atoms with van der Waals surface area (Å²) in [4.78, 5) is 12.7. The fourth-order valence-electron chi connectivity index (χ4n) is 1.56. The van der Waals surface area contributed by atoms with Gasteiger partial charge in [0, 0.05) is 18.7 Å². The molecule has 0 bridgehead atoms. The van der Waals surface area contributed by atoms with Crippen LogP contribution in [0.4, 0.5) is 11.9 Å². The standard InChI is InChI=1S/C13H25N5O2/c1-6-14-10-15-11(18-13(4,5)7-8-19)17-12(16-10)20-9(2)3/h9,19H,6-8H2,1-5H3,(H2,14,15,16,17,18). The molecule has 0 fully saturated rings. The summed E-state index contributed by atoms with van der Waals surface area (Å²) < 4.78 is 5.52. The van der Waals surface area contributed by atoms with Gasteiger partial charge < -0.3 is 20.5 Å². The first-order valence-corrected chi connectivity index (χ1v) is 6.92. The molecule has 0 aliphatic carbocycles. The number of aliphatic hydroxyl groups is 1. The van der Waals surface area contributed by atoms with E-state index in [-0.39, 0.29) is 24.3 Å². The Bertz CT molecular complexity index is 423. The lowest BCUT2D eigenvalue weighted by Crippen LogP contribution is -2.33. The Hall–Kier alpha value is -1.63. The fraction of sp³-hybridized carbons (Fsp3) is 0.769. The molecule has 0 saturated heterocycles. The number of aliphatic hydroxyl groups excluding tert-OH is 1. The molecule has 0 radical (unpaired) electrons. The summed E-state index contributed by atoms with van der Waals surface area (Å²) in [6.45, 7) is 10.6. The van der Waals surface area contributed by atoms with Crippen LogP contribution < -0.4 is 15.4 Å². The van der Waals surface area contributed by atoms with Crippen molar-refractivity contribution in [3.8, 4) is 6.01 Å². The van der Waals surface area contributed by atoms with Gasteiger partial charge in [-0.1, -0.05) is 0 Å². The molecule has 114 valence electrons. The minimum atomic E-state index is -0.311. The molecule has 0 spiro atoms. The van der Waals surface area contributed by atoms with E-state index < -0.39 is 0 Å². The van der Waals surface area contributed by atoms with Crippen LogP contribution in [-0.4, -0.2) is 44.9 Å². The quantitative estimate of drug-likeness (QED) is 0.668. The molecule has 1 aromatic heterocycles. The van der Waals surface area contributed by atoms with Gasteiger partial charge >= 0.3 is 6.01 Å². The van der Waals surface area contributed by atoms with Crippen molar-refractivity contribution in [1.82, 2.24) is 15.0 Å². The Labute approximate surface area is 120 Å². The van der Waals surface area contributed by atoms with Gasteiger partial charge in [0.25, 0.3) is 0 Å². The van der Waals surface area contributed by atoms with E-state index in [0.717, 1.165) is 0 Å². The first-order valence-electron chi connectivity index (χ1n) is 6.92. The molecule has 7 heteroatoms. The lowest BCUT2D eigenvalue weighted by atomic mass is 10.0. The summed E-state index contributed by atoms with van der Waals surface area (Å²) in [5.74, 6) is 0.908. The summed E-state index contributed by atoms with van der Waals surface area (Å²) >= 11 is 0. The maximum atomic E-state index is 9.06. The zero-order valence-corrected chi connectivity index (χ0v) is 12.9. The van der Waals surface area contributed by atoms with Crippen LogP contribution in [0.3, 0.4) is 0 Å². The first-order chi connectivity index (χ1) is 9.36. The van der Waals surface area contributed by atoms with Crippen LogP contribution in [0.25, 0.3) is 0 Å². The third-order valence-corrected chi connectivity index (χ3v) is 2.48. The number of hydrogen-bond donors (Lipinski definition) is 3. The second-order valence-electron chi connectivity index (χ2n) is 5.44. The molecule has 3 N–H and O–H groups in total. The highest BCUT2D eigenvalue weighted by molar-refractivity contribution is 5.37. The lowest BCUT2D eigenvalue weighted by molar-refractivity contribution is 0.222. The van der Waals surface area contributed by atoms with Gasteiger partial charge in [-0.15, -0.1) is 0 Å². The van der Waals surface area contributed by atoms with Crippen LogP contribution >= 0.6 is 0 Å². The summed E-state index contributed by atoms with van der Waals surface area (Å²) in [7, 11) is 0. The third kappa shape index (κ3) is 5.56. The smallest absolute Gasteiger partial charge is 0.323 e. The highest BCUT2D eigenvalue weighted by atomic mass is 16.5. The molecule has 1 aromatic rings. The SMILES string of the molecule is CCNc1nc(NC(C)(C)CCO)nc(OC(C)C)n1. The minimum Gasteiger partial charge on any atom is -0.461 e. The van der Waals surface area contributed by atoms with Crippen LogP contribution in [0.15, 0.2) is 0 Å². The van der Waals surface area contributed by atoms with E-state index in [1.165, 1.54) is 0 Å². The Morgan fingerprint density at radius 2 is 1.85 bits per heavy atom. The van der Waals surface area contributed by atoms with Gasteiger partial charge in [0.05, 0.1) is 6.10 Å². The fourth-order valence-corrected chi connectivity index (χ4v) is 1.56. The highest BCUT2D eigenvalue weighted by Crippen LogP contribution is 2.18. The van der Waals surface area contributed by atoms with E-state index in [1.54, 1.807) is 0 Å². The van der Waals surface area contributed by atoms with Crippen molar-refractivity contribution in [3.05, 3.63) is 0 Å². The van der Waals surface area contributed by atoms with Crippen LogP contribution in [0.5, 0.6) is 6.01 Å². The largest absolute Gasteiger partial charge is 0.461 e. The molecule has 0 amide bonds. The second kappa shape index (κ2) is 7.23. The average Bonchev–Trinajstić information content (AvgIpc) is 2.26. The van der Waals surface area contributed by atoms with Crippen LogP contribution in [-0.2, 0) is 0 Å². The topological polar surface area (TPSA) is 92.2 Å². The van der Waals surface area contributed by atoms with Crippen molar-refractivity contribution in [3.63, 3.8) is 0 Å². The maximum Gasteiger partial charge on any atom is 0.323 e. The van der Waals surface area contributed by atoms with Crippen molar-refractivity contribution in [1.29, 1.82) is 0 Å². The zero-order chi connectivity index (χ0) is 15.2. The van der Waals surface area contributed by atoms with Gasteiger partial charge in [-0.3, -0.25) is 0 Å². The first kappa shape index (κ1) is 16.4. The summed E-state index contributed by atoms with van der Waals surface area (Å²) in [6, 6.07) is 0.285. The van der Waals surface area contributed by atoms with Gasteiger partial charge in [0.15, 0.2) is 0 Å². The van der Waals surface area contributed by atoms with E-state index in [1.807, 2.05) is 34.6 Å². The number of hydrogen-bond acceptors (Lipinski definition) is 7. The zero-order valence-electron chi connectivity index (χ0n) is 12.9. The number of aromatic nitrogens is 3. The summed E-state index contributed by atoms with van der Waals surface area (Å²) in [5.41, 5.74) is -0.311. The molecule has 1 heterocycles. The van der Waals surface area contributed by atoms with Crippen molar-refractivity contribution >= 4 is 11.9 Å². The van der Waals surface area contributed by atoms with Crippen molar-refractivity contribution in [2.75, 3.05) is 23.8 Å². The van der Waals surface area contributed by atoms with Crippen molar-refractivity contribution < 1.29 is 9.84 Å². The number of nitrogens with zero attached hydrogens (tertiary/aromatic N) is 3. The Morgan fingerprint density at radius 1 is 1.20 bits per heavy atom. The van der Waals surface area contributed by atoms with E-state index in [9.17, 15) is 0 Å². The van der Waals surface area contributed by atoms with E-state index in [0.29, 0.717) is 24.9 Å². The predicted octanol–water partition coefficient (Wildman–Crippen LogP) is 1.66. The highest BCUT2D eigenvalue weighted by Gasteiger charge is 2.19. The third-order valence-electron chi connectivity index (χ3n) is 2.48. The summed E-state index contributed by atoms with van der Waals surface area (Å²) in [5, 5.41) is 15.3. The summed E-state index contributed by atoms with van der Waals surface area (Å²) in [6.07, 6.45) is 0.584. The molecule has 7 nitrogen and oxygen atoms in total. The van der Waals surface area contributed by atoms with Crippen molar-refractivity contribution in [2.45, 2.75) is 52.7 Å². The van der Waals surface area contributed by atoms with Crippen molar-refractivity contribution in [2.24, 2.45) is 0 Å². The molecule has 0 aliphatic heterocycles. The Balaban J connectivity index is 2.95. The van der Waals surface area contributed by atoms with Gasteiger partial charge in [0.2, 0.25) is 11.9 Å². The Kier molecular flexibility index (Phi) is 5.94. The normalized spacial score (nSPS) is 11.6. The van der Waals surface area contributed by atoms with Crippen LogP contribution in [0, 0.1) is 0 Å². The van der Waals surface area contributed by atoms with E-state index >= 15 is 0 Å². The number of anilines is 2. The average molecular weight is 283 g/mol. The molecular weight excluding hydrogens is 258 g/mol. The Morgan fingerprint density at radius 3 is 2.40 bits per heavy atom. The number of rotatable bonds is 8. The molecule has 0 aliphatic rings. The number of ether oxygens (including phenoxy) is 1. The van der Waals surface area contributed by atoms with Gasteiger partial charge in [-0.2, -0.15) is 15.0 Å². The van der Waals surface area contributed by atoms with Crippen LogP contribution in [0.1, 0.15) is 41.0 Å². The number of nitrogens with one attached hydrogen (secondary N) is 2. The predicted molar refractivity (Wildman–Crippen MR) is 79.2 cm³/mol. The molecule has 0 aromatic carbocycles. The lowest BCUT2D eigenvalue weighted by Gasteiger charge is -2.25. The maximum absolute atomic E-state index is 9.06. The second-order valence-corrected chi connectivity index (χ2v) is 5.44. The molecular formula is C13H25N5O2. The molecule has 20 heavy (non-hydrogen) atoms. The van der Waals surface area contributed by atoms with Gasteiger partial charge in [-0.25, -0.2) is 0 Å². The van der Waals surface area contributed by atoms with E-state index in [2.05, 4.69) is 25.6 Å². The molecule has 1 rings (SSSR count). The molecule has 0 saturated carbocycles. The molecule has 0 atom stereocenters. The minimum absolute atomic E-state index is 0.00909. The van der Waals surface area contributed by atoms with E-state index in [4.69, 9.17) is 9.84 Å². The van der Waals surface area contributed by atoms with Gasteiger partial charge in [0.1, 0.15) is 0 Å². The van der Waals surface area contributed by atoms with Gasteiger partial charge in [-0.05, 0) is 41.0 Å².